The minimum absolute atomic E-state index is 0.658. The Morgan fingerprint density at radius 3 is 2.79 bits per heavy atom. The fourth-order valence-corrected chi connectivity index (χ4v) is 2.88. The molecule has 0 bridgehead atoms. The Hall–Kier alpha value is -1.33. The first-order valence-electron chi connectivity index (χ1n) is 6.09. The van der Waals surface area contributed by atoms with Crippen LogP contribution in [-0.4, -0.2) is 14.8 Å². The number of nitrogens with one attached hydrogen (secondary N) is 1. The Bertz CT molecular complexity index is 596. The summed E-state index contributed by atoms with van der Waals surface area (Å²) in [5, 5.41) is 7.09. The molecule has 0 amide bonds. The summed E-state index contributed by atoms with van der Waals surface area (Å²) in [4.78, 5) is 0. The summed E-state index contributed by atoms with van der Waals surface area (Å²) in [6.45, 7) is 6.54. The van der Waals surface area contributed by atoms with Gasteiger partial charge in [0, 0.05) is 12.3 Å². The summed E-state index contributed by atoms with van der Waals surface area (Å²) in [7, 11) is 0. The first-order chi connectivity index (χ1) is 9.20. The number of H-pyrrole nitrogens is 1. The maximum atomic E-state index is 5.18. The van der Waals surface area contributed by atoms with Crippen LogP contribution in [0.5, 0.6) is 0 Å². The molecule has 5 heteroatoms. The fraction of sp³-hybridized carbons (Fsp3) is 0.286. The van der Waals surface area contributed by atoms with Crippen LogP contribution in [-0.2, 0) is 18.1 Å². The van der Waals surface area contributed by atoms with E-state index in [0.717, 1.165) is 17.3 Å². The number of hydrogen-bond acceptors (Lipinski definition) is 3. The highest BCUT2D eigenvalue weighted by Crippen LogP contribution is 2.17. The molecule has 1 heterocycles. The monoisotopic (exact) mass is 291 g/mol. The lowest BCUT2D eigenvalue weighted by atomic mass is 10.2. The van der Waals surface area contributed by atoms with Crippen molar-refractivity contribution in [3.8, 4) is 0 Å². The van der Waals surface area contributed by atoms with Gasteiger partial charge in [0.15, 0.2) is 4.77 Å². The molecule has 1 aromatic carbocycles. The van der Waals surface area contributed by atoms with Gasteiger partial charge in [0.25, 0.3) is 0 Å². The Morgan fingerprint density at radius 2 is 2.11 bits per heavy atom. The van der Waals surface area contributed by atoms with E-state index < -0.39 is 0 Å². The highest BCUT2D eigenvalue weighted by atomic mass is 32.2. The number of benzene rings is 1. The van der Waals surface area contributed by atoms with Gasteiger partial charge in [0.05, 0.1) is 5.75 Å². The average molecular weight is 291 g/mol. The Kier molecular flexibility index (Phi) is 4.99. The molecule has 0 saturated carbocycles. The predicted octanol–water partition coefficient (Wildman–Crippen LogP) is 3.87. The number of rotatable bonds is 6. The lowest BCUT2D eigenvalue weighted by Gasteiger charge is -2.04. The zero-order valence-electron chi connectivity index (χ0n) is 10.9. The van der Waals surface area contributed by atoms with Crippen LogP contribution in [0.2, 0.25) is 0 Å². The summed E-state index contributed by atoms with van der Waals surface area (Å²) in [5.41, 5.74) is 2.63. The molecule has 2 rings (SSSR count). The van der Waals surface area contributed by atoms with Crippen molar-refractivity contribution < 1.29 is 0 Å². The summed E-state index contributed by atoms with van der Waals surface area (Å²) in [6, 6.07) is 8.62. The maximum absolute atomic E-state index is 5.18. The molecule has 0 radical (unpaired) electrons. The van der Waals surface area contributed by atoms with Gasteiger partial charge in [0.1, 0.15) is 5.82 Å². The molecular formula is C14H17N3S2. The van der Waals surface area contributed by atoms with Gasteiger partial charge in [-0.05, 0) is 24.7 Å². The number of thioether (sulfide) groups is 1. The van der Waals surface area contributed by atoms with Crippen LogP contribution >= 0.6 is 24.0 Å². The largest absolute Gasteiger partial charge is 0.300 e. The molecule has 100 valence electrons. The van der Waals surface area contributed by atoms with Gasteiger partial charge in [-0.25, -0.2) is 0 Å². The summed E-state index contributed by atoms with van der Waals surface area (Å²) in [6.07, 6.45) is 1.83. The third-order valence-corrected chi connectivity index (χ3v) is 4.08. The number of allylic oxidation sites excluding steroid dienone is 1. The molecule has 0 fully saturated rings. The first-order valence-corrected chi connectivity index (χ1v) is 7.65. The van der Waals surface area contributed by atoms with Crippen LogP contribution < -0.4 is 0 Å². The normalized spacial score (nSPS) is 10.6. The van der Waals surface area contributed by atoms with E-state index in [1.807, 2.05) is 22.4 Å². The van der Waals surface area contributed by atoms with Crippen molar-refractivity contribution in [2.75, 3.05) is 0 Å². The lowest BCUT2D eigenvalue weighted by Crippen LogP contribution is -2.01. The molecule has 0 aliphatic heterocycles. The van der Waals surface area contributed by atoms with Crippen molar-refractivity contribution in [3.63, 3.8) is 0 Å². The van der Waals surface area contributed by atoms with Crippen molar-refractivity contribution in [3.05, 3.63) is 58.6 Å². The van der Waals surface area contributed by atoms with Crippen molar-refractivity contribution in [1.82, 2.24) is 14.8 Å². The van der Waals surface area contributed by atoms with Crippen LogP contribution in [0.25, 0.3) is 0 Å². The zero-order valence-corrected chi connectivity index (χ0v) is 12.6. The number of hydrogen-bond donors (Lipinski definition) is 1. The van der Waals surface area contributed by atoms with Crippen LogP contribution in [0.3, 0.4) is 0 Å². The van der Waals surface area contributed by atoms with Gasteiger partial charge in [-0.1, -0.05) is 35.9 Å². The summed E-state index contributed by atoms with van der Waals surface area (Å²) in [5.74, 6) is 2.80. The van der Waals surface area contributed by atoms with Gasteiger partial charge in [-0.2, -0.15) is 5.10 Å². The molecule has 19 heavy (non-hydrogen) atoms. The molecule has 2 aromatic rings. The lowest BCUT2D eigenvalue weighted by molar-refractivity contribution is 0.766. The molecule has 1 N–H and O–H groups in total. The fourth-order valence-electron chi connectivity index (χ4n) is 1.72. The molecule has 0 aliphatic rings. The quantitative estimate of drug-likeness (QED) is 0.648. The molecule has 1 aromatic heterocycles. The van der Waals surface area contributed by atoms with E-state index in [0.29, 0.717) is 11.3 Å². The average Bonchev–Trinajstić information content (AvgIpc) is 2.74. The number of aromatic nitrogens is 3. The second-order valence-electron chi connectivity index (χ2n) is 4.32. The van der Waals surface area contributed by atoms with Crippen LogP contribution in [0, 0.1) is 11.7 Å². The summed E-state index contributed by atoms with van der Waals surface area (Å²) >= 11 is 7.02. The van der Waals surface area contributed by atoms with Gasteiger partial charge in [-0.15, -0.1) is 18.3 Å². The number of aryl methyl sites for hydroxylation is 1. The van der Waals surface area contributed by atoms with Gasteiger partial charge in [0.2, 0.25) is 0 Å². The smallest absolute Gasteiger partial charge is 0.195 e. The molecule has 0 saturated heterocycles. The third kappa shape index (κ3) is 3.81. The molecule has 0 atom stereocenters. The molecular weight excluding hydrogens is 274 g/mol. The van der Waals surface area contributed by atoms with Gasteiger partial charge in [-0.3, -0.25) is 9.67 Å². The van der Waals surface area contributed by atoms with Crippen LogP contribution in [0.1, 0.15) is 17.0 Å². The van der Waals surface area contributed by atoms with Crippen molar-refractivity contribution in [2.24, 2.45) is 0 Å². The van der Waals surface area contributed by atoms with Crippen molar-refractivity contribution in [2.45, 2.75) is 25.0 Å². The summed E-state index contributed by atoms with van der Waals surface area (Å²) < 4.78 is 2.63. The second kappa shape index (κ2) is 6.73. The zero-order chi connectivity index (χ0) is 13.7. The molecule has 3 nitrogen and oxygen atoms in total. The third-order valence-electron chi connectivity index (χ3n) is 2.77. The highest BCUT2D eigenvalue weighted by Gasteiger charge is 2.04. The molecule has 0 aliphatic carbocycles. The Balaban J connectivity index is 1.94. The first kappa shape index (κ1) is 14.1. The molecule has 0 spiro atoms. The Morgan fingerprint density at radius 1 is 1.37 bits per heavy atom. The minimum Gasteiger partial charge on any atom is -0.300 e. The number of aromatic amines is 1. The minimum atomic E-state index is 0.658. The Labute approximate surface area is 122 Å². The van der Waals surface area contributed by atoms with Gasteiger partial charge < -0.3 is 0 Å². The van der Waals surface area contributed by atoms with Crippen LogP contribution in [0.15, 0.2) is 36.9 Å². The van der Waals surface area contributed by atoms with E-state index in [1.165, 1.54) is 11.1 Å². The van der Waals surface area contributed by atoms with Crippen LogP contribution in [0.4, 0.5) is 0 Å². The highest BCUT2D eigenvalue weighted by molar-refractivity contribution is 7.97. The van der Waals surface area contributed by atoms with Crippen molar-refractivity contribution >= 4 is 24.0 Å². The standard InChI is InChI=1S/C14H17N3S2/c1-3-8-17-13(15-16-14(17)18)10-19-9-12-6-4-11(2)5-7-12/h3-7H,1,8-10H2,2H3,(H,16,18). The van der Waals surface area contributed by atoms with Crippen molar-refractivity contribution in [1.29, 1.82) is 0 Å². The maximum Gasteiger partial charge on any atom is 0.195 e. The molecule has 0 unspecified atom stereocenters. The second-order valence-corrected chi connectivity index (χ2v) is 5.69. The van der Waals surface area contributed by atoms with E-state index in [2.05, 4.69) is 48.0 Å². The number of nitrogens with zero attached hydrogens (tertiary/aromatic N) is 2. The van der Waals surface area contributed by atoms with Gasteiger partial charge >= 0.3 is 0 Å². The SMILES string of the molecule is C=CCn1c(CSCc2ccc(C)cc2)n[nH]c1=S. The van der Waals surface area contributed by atoms with E-state index in [9.17, 15) is 0 Å². The topological polar surface area (TPSA) is 33.6 Å². The predicted molar refractivity (Wildman–Crippen MR) is 83.8 cm³/mol. The van der Waals surface area contributed by atoms with E-state index >= 15 is 0 Å². The van der Waals surface area contributed by atoms with E-state index in [1.54, 1.807) is 0 Å². The van der Waals surface area contributed by atoms with E-state index in [-0.39, 0.29) is 0 Å². The van der Waals surface area contributed by atoms with E-state index in [4.69, 9.17) is 12.2 Å².